The molecule has 0 spiro atoms. The molecule has 0 aliphatic heterocycles. The summed E-state index contributed by atoms with van der Waals surface area (Å²) in [5.74, 6) is 0.0657. The van der Waals surface area contributed by atoms with Crippen LogP contribution in [0.3, 0.4) is 0 Å². The van der Waals surface area contributed by atoms with E-state index in [1.54, 1.807) is 23.1 Å². The van der Waals surface area contributed by atoms with Crippen molar-refractivity contribution < 1.29 is 14.3 Å². The molecule has 3 rings (SSSR count). The third kappa shape index (κ3) is 8.41. The van der Waals surface area contributed by atoms with Crippen molar-refractivity contribution in [3.63, 3.8) is 0 Å². The first-order chi connectivity index (χ1) is 17.0. The van der Waals surface area contributed by atoms with Gasteiger partial charge in [0, 0.05) is 24.5 Å². The lowest BCUT2D eigenvalue weighted by Gasteiger charge is -2.31. The van der Waals surface area contributed by atoms with Crippen LogP contribution in [0.1, 0.15) is 30.9 Å². The second kappa shape index (κ2) is 13.9. The molecule has 1 unspecified atom stereocenters. The fourth-order valence-electron chi connectivity index (χ4n) is 3.65. The van der Waals surface area contributed by atoms with Crippen molar-refractivity contribution in [2.24, 2.45) is 0 Å². The molecule has 2 amide bonds. The lowest BCUT2D eigenvalue weighted by molar-refractivity contribution is -0.142. The van der Waals surface area contributed by atoms with E-state index >= 15 is 0 Å². The molecule has 7 heteroatoms. The number of carbonyl (C=O) groups is 2. The predicted molar refractivity (Wildman–Crippen MR) is 143 cm³/mol. The molecule has 0 saturated carbocycles. The van der Waals surface area contributed by atoms with Crippen molar-refractivity contribution >= 4 is 39.3 Å². The fourth-order valence-corrected chi connectivity index (χ4v) is 4.45. The maximum absolute atomic E-state index is 13.5. The smallest absolute Gasteiger partial charge is 0.261 e. The van der Waals surface area contributed by atoms with E-state index in [1.165, 1.54) is 0 Å². The summed E-state index contributed by atoms with van der Waals surface area (Å²) < 4.78 is 6.48. The van der Waals surface area contributed by atoms with Crippen molar-refractivity contribution in [3.05, 3.63) is 99.5 Å². The van der Waals surface area contributed by atoms with Gasteiger partial charge in [-0.3, -0.25) is 9.59 Å². The molecule has 0 fully saturated rings. The van der Waals surface area contributed by atoms with Crippen molar-refractivity contribution in [1.29, 1.82) is 0 Å². The Morgan fingerprint density at radius 1 is 1.00 bits per heavy atom. The quantitative estimate of drug-likeness (QED) is 0.276. The Kier molecular flexibility index (Phi) is 10.6. The van der Waals surface area contributed by atoms with Gasteiger partial charge in [0.1, 0.15) is 11.8 Å². The maximum atomic E-state index is 13.5. The Bertz CT molecular complexity index is 1100. The largest absolute Gasteiger partial charge is 0.483 e. The number of unbranched alkanes of at least 4 members (excludes halogenated alkanes) is 1. The monoisotopic (exact) mass is 556 g/mol. The molecule has 0 aromatic heterocycles. The first-order valence-electron chi connectivity index (χ1n) is 11.7. The van der Waals surface area contributed by atoms with Gasteiger partial charge in [0.25, 0.3) is 5.91 Å². The number of hydrogen-bond donors (Lipinski definition) is 1. The Morgan fingerprint density at radius 2 is 1.66 bits per heavy atom. The molecule has 1 N–H and O–H groups in total. The van der Waals surface area contributed by atoms with Gasteiger partial charge in [-0.15, -0.1) is 0 Å². The van der Waals surface area contributed by atoms with Crippen LogP contribution in [0.4, 0.5) is 0 Å². The van der Waals surface area contributed by atoms with Crippen LogP contribution >= 0.6 is 27.5 Å². The average Bonchev–Trinajstić information content (AvgIpc) is 2.86. The van der Waals surface area contributed by atoms with E-state index < -0.39 is 6.04 Å². The molecule has 1 atom stereocenters. The predicted octanol–water partition coefficient (Wildman–Crippen LogP) is 6.04. The van der Waals surface area contributed by atoms with Gasteiger partial charge in [0.15, 0.2) is 6.61 Å². The molecule has 0 aliphatic rings. The van der Waals surface area contributed by atoms with E-state index in [0.29, 0.717) is 34.8 Å². The topological polar surface area (TPSA) is 58.6 Å². The number of ether oxygens (including phenoxy) is 1. The summed E-state index contributed by atoms with van der Waals surface area (Å²) in [4.78, 5) is 28.5. The van der Waals surface area contributed by atoms with Crippen LogP contribution in [0.15, 0.2) is 83.3 Å². The number of amides is 2. The molecule has 184 valence electrons. The summed E-state index contributed by atoms with van der Waals surface area (Å²) in [7, 11) is 0. The van der Waals surface area contributed by atoms with Gasteiger partial charge < -0.3 is 15.0 Å². The van der Waals surface area contributed by atoms with Crippen LogP contribution in [0.25, 0.3) is 0 Å². The number of hydrogen-bond acceptors (Lipinski definition) is 3. The highest BCUT2D eigenvalue weighted by atomic mass is 79.9. The van der Waals surface area contributed by atoms with Crippen LogP contribution in [-0.2, 0) is 22.6 Å². The summed E-state index contributed by atoms with van der Waals surface area (Å²) in [6, 6.07) is 23.9. The number of nitrogens with zero attached hydrogens (tertiary/aromatic N) is 1. The summed E-state index contributed by atoms with van der Waals surface area (Å²) >= 11 is 9.44. The number of nitrogens with one attached hydrogen (secondary N) is 1. The number of carbonyl (C=O) groups excluding carboxylic acids is 2. The molecule has 0 radical (unpaired) electrons. The molecule has 0 aliphatic carbocycles. The fraction of sp³-hybridized carbons (Fsp3) is 0.286. The second-order valence-corrected chi connectivity index (χ2v) is 9.51. The Labute approximate surface area is 220 Å². The van der Waals surface area contributed by atoms with Crippen LogP contribution in [0.5, 0.6) is 5.75 Å². The number of halogens is 2. The van der Waals surface area contributed by atoms with Crippen molar-refractivity contribution in [3.8, 4) is 5.75 Å². The second-order valence-electron chi connectivity index (χ2n) is 8.22. The van der Waals surface area contributed by atoms with Gasteiger partial charge in [0.05, 0.1) is 4.47 Å². The molecular weight excluding hydrogens is 528 g/mol. The average molecular weight is 558 g/mol. The normalized spacial score (nSPS) is 11.5. The molecule has 0 heterocycles. The Balaban J connectivity index is 1.87. The minimum atomic E-state index is -0.681. The highest BCUT2D eigenvalue weighted by Crippen LogP contribution is 2.28. The third-order valence-electron chi connectivity index (χ3n) is 5.54. The van der Waals surface area contributed by atoms with Gasteiger partial charge in [-0.25, -0.2) is 0 Å². The summed E-state index contributed by atoms with van der Waals surface area (Å²) in [5, 5.41) is 3.58. The van der Waals surface area contributed by atoms with E-state index in [0.717, 1.165) is 24.0 Å². The lowest BCUT2D eigenvalue weighted by atomic mass is 10.0. The van der Waals surface area contributed by atoms with Gasteiger partial charge in [-0.05, 0) is 51.7 Å². The molecule has 0 saturated heterocycles. The molecular formula is C28H30BrClN2O3. The number of rotatable bonds is 12. The zero-order valence-corrected chi connectivity index (χ0v) is 22.1. The zero-order valence-electron chi connectivity index (χ0n) is 19.8. The maximum Gasteiger partial charge on any atom is 0.261 e. The van der Waals surface area contributed by atoms with E-state index in [1.807, 2.05) is 60.7 Å². The van der Waals surface area contributed by atoms with Crippen LogP contribution in [-0.4, -0.2) is 35.9 Å². The summed E-state index contributed by atoms with van der Waals surface area (Å²) in [5.41, 5.74) is 1.92. The molecule has 5 nitrogen and oxygen atoms in total. The van der Waals surface area contributed by atoms with Crippen LogP contribution in [0.2, 0.25) is 5.02 Å². The third-order valence-corrected chi connectivity index (χ3v) is 6.40. The van der Waals surface area contributed by atoms with Crippen LogP contribution in [0, 0.1) is 0 Å². The highest BCUT2D eigenvalue weighted by Gasteiger charge is 2.30. The van der Waals surface area contributed by atoms with Crippen molar-refractivity contribution in [1.82, 2.24) is 10.2 Å². The van der Waals surface area contributed by atoms with Crippen LogP contribution < -0.4 is 10.1 Å². The molecule has 3 aromatic rings. The van der Waals surface area contributed by atoms with Gasteiger partial charge >= 0.3 is 0 Å². The molecule has 0 bridgehead atoms. The first-order valence-corrected chi connectivity index (χ1v) is 12.9. The lowest BCUT2D eigenvalue weighted by Crippen LogP contribution is -2.51. The molecule has 3 aromatic carbocycles. The van der Waals surface area contributed by atoms with E-state index in [2.05, 4.69) is 28.2 Å². The van der Waals surface area contributed by atoms with Gasteiger partial charge in [0.2, 0.25) is 5.91 Å². The minimum Gasteiger partial charge on any atom is -0.483 e. The van der Waals surface area contributed by atoms with Gasteiger partial charge in [-0.2, -0.15) is 0 Å². The first kappa shape index (κ1) is 26.8. The Hall–Kier alpha value is -2.83. The SMILES string of the molecule is CCCCNC(=O)C(Cc1ccccc1)N(Cc1ccccc1)C(=O)COc1ccc(Cl)cc1Br. The minimum absolute atomic E-state index is 0.167. The van der Waals surface area contributed by atoms with Gasteiger partial charge in [-0.1, -0.05) is 85.6 Å². The van der Waals surface area contributed by atoms with E-state index in [9.17, 15) is 9.59 Å². The molecule has 35 heavy (non-hydrogen) atoms. The zero-order chi connectivity index (χ0) is 25.0. The summed E-state index contributed by atoms with van der Waals surface area (Å²) in [6.45, 7) is 2.73. The highest BCUT2D eigenvalue weighted by molar-refractivity contribution is 9.10. The standard InChI is InChI=1S/C28H30BrClN2O3/c1-2-3-16-31-28(34)25(17-21-10-6-4-7-11-21)32(19-22-12-8-5-9-13-22)27(33)20-35-26-15-14-23(30)18-24(26)29/h4-15,18,25H,2-3,16-17,19-20H2,1H3,(H,31,34). The van der Waals surface area contributed by atoms with Crippen molar-refractivity contribution in [2.45, 2.75) is 38.8 Å². The van der Waals surface area contributed by atoms with Crippen molar-refractivity contribution in [2.75, 3.05) is 13.2 Å². The number of benzene rings is 3. The summed E-state index contributed by atoms with van der Waals surface area (Å²) in [6.07, 6.45) is 2.26. The van der Waals surface area contributed by atoms with E-state index in [-0.39, 0.29) is 18.4 Å². The van der Waals surface area contributed by atoms with E-state index in [4.69, 9.17) is 16.3 Å². The Morgan fingerprint density at radius 3 is 2.29 bits per heavy atom.